The molecule has 7 nitrogen and oxygen atoms in total. The van der Waals surface area contributed by atoms with Gasteiger partial charge in [0.15, 0.2) is 11.6 Å². The highest BCUT2D eigenvalue weighted by Crippen LogP contribution is 2.35. The molecule has 0 saturated carbocycles. The van der Waals surface area contributed by atoms with Crippen LogP contribution in [0.4, 0.5) is 15.8 Å². The van der Waals surface area contributed by atoms with Crippen molar-refractivity contribution in [1.29, 1.82) is 0 Å². The maximum absolute atomic E-state index is 14.1. The number of hydrogen-bond acceptors (Lipinski definition) is 5. The van der Waals surface area contributed by atoms with E-state index in [-0.39, 0.29) is 29.3 Å². The van der Waals surface area contributed by atoms with Crippen LogP contribution >= 0.6 is 0 Å². The second-order valence-electron chi connectivity index (χ2n) is 7.36. The van der Waals surface area contributed by atoms with Gasteiger partial charge in [0.1, 0.15) is 0 Å². The van der Waals surface area contributed by atoms with Gasteiger partial charge in [0.2, 0.25) is 0 Å². The third kappa shape index (κ3) is 5.18. The Hall–Kier alpha value is -3.77. The molecule has 0 amide bonds. The molecule has 172 valence electrons. The Morgan fingerprint density at radius 2 is 1.91 bits per heavy atom. The Morgan fingerprint density at radius 1 is 1.21 bits per heavy atom. The summed E-state index contributed by atoms with van der Waals surface area (Å²) in [7, 11) is -2.81. The number of sulfonamides is 1. The summed E-state index contributed by atoms with van der Waals surface area (Å²) in [4.78, 5) is 12.8. The summed E-state index contributed by atoms with van der Waals surface area (Å²) in [6, 6.07) is 13.3. The first-order valence-corrected chi connectivity index (χ1v) is 11.5. The molecule has 0 unspecified atom stereocenters. The molecule has 1 atom stereocenters. The summed E-state index contributed by atoms with van der Waals surface area (Å²) in [6.07, 6.45) is 5.40. The van der Waals surface area contributed by atoms with E-state index in [1.165, 1.54) is 19.2 Å². The summed E-state index contributed by atoms with van der Waals surface area (Å²) in [5.74, 6) is 0.740. The highest BCUT2D eigenvalue weighted by Gasteiger charge is 2.22. The van der Waals surface area contributed by atoms with Crippen LogP contribution in [0.25, 0.3) is 10.8 Å². The molecule has 33 heavy (non-hydrogen) atoms. The Labute approximate surface area is 191 Å². The fraction of sp³-hybridized carbons (Fsp3) is 0.208. The molecule has 0 spiro atoms. The Balaban J connectivity index is 2.05. The second-order valence-corrected chi connectivity index (χ2v) is 9.04. The van der Waals surface area contributed by atoms with Gasteiger partial charge in [0.25, 0.3) is 10.0 Å². The van der Waals surface area contributed by atoms with Crippen molar-refractivity contribution in [2.24, 2.45) is 0 Å². The lowest BCUT2D eigenvalue weighted by Crippen LogP contribution is -2.35. The zero-order chi connectivity index (χ0) is 24.2. The third-order valence-electron chi connectivity index (χ3n) is 5.15. The largest absolute Gasteiger partial charge is 0.494 e. The minimum absolute atomic E-state index is 0.0622. The highest BCUT2D eigenvalue weighted by atomic mass is 32.2. The molecular weight excluding hydrogens is 447 g/mol. The number of rotatable bonds is 9. The van der Waals surface area contributed by atoms with Gasteiger partial charge in [-0.15, -0.1) is 6.42 Å². The number of terminal acetylenes is 1. The number of nitrogens with one attached hydrogen (secondary N) is 1. The minimum Gasteiger partial charge on any atom is -0.494 e. The van der Waals surface area contributed by atoms with Crippen molar-refractivity contribution in [3.05, 3.63) is 60.4 Å². The summed E-state index contributed by atoms with van der Waals surface area (Å²) in [6.45, 7) is 1.93. The molecule has 0 bridgehead atoms. The van der Waals surface area contributed by atoms with Crippen molar-refractivity contribution >= 4 is 38.1 Å². The van der Waals surface area contributed by atoms with Gasteiger partial charge >= 0.3 is 5.97 Å². The molecular formula is C24H23FN2O5S. The van der Waals surface area contributed by atoms with Gasteiger partial charge < -0.3 is 14.7 Å². The Bertz CT molecular complexity index is 1330. The molecule has 3 aromatic carbocycles. The van der Waals surface area contributed by atoms with Gasteiger partial charge in [-0.25, -0.2) is 12.8 Å². The van der Waals surface area contributed by atoms with Crippen molar-refractivity contribution in [1.82, 2.24) is 0 Å². The molecule has 9 heteroatoms. The average Bonchev–Trinajstić information content (AvgIpc) is 2.77. The van der Waals surface area contributed by atoms with Crippen LogP contribution < -0.4 is 14.4 Å². The van der Waals surface area contributed by atoms with Crippen LogP contribution in [0.1, 0.15) is 13.3 Å². The number of halogens is 1. The van der Waals surface area contributed by atoms with E-state index in [0.29, 0.717) is 16.5 Å². The van der Waals surface area contributed by atoms with Gasteiger partial charge in [-0.05, 0) is 37.3 Å². The van der Waals surface area contributed by atoms with Crippen molar-refractivity contribution in [2.75, 3.05) is 23.3 Å². The fourth-order valence-corrected chi connectivity index (χ4v) is 4.67. The van der Waals surface area contributed by atoms with E-state index in [9.17, 15) is 22.7 Å². The number of fused-ring (bicyclic) bond motifs is 1. The molecule has 0 aliphatic rings. The van der Waals surface area contributed by atoms with E-state index < -0.39 is 27.9 Å². The maximum atomic E-state index is 14.1. The lowest BCUT2D eigenvalue weighted by Gasteiger charge is -2.30. The number of methoxy groups -OCH3 is 1. The molecule has 0 saturated heterocycles. The van der Waals surface area contributed by atoms with Gasteiger partial charge in [-0.3, -0.25) is 9.52 Å². The maximum Gasteiger partial charge on any atom is 0.305 e. The first-order valence-electron chi connectivity index (χ1n) is 9.98. The second kappa shape index (κ2) is 9.79. The predicted octanol–water partition coefficient (Wildman–Crippen LogP) is 4.09. The molecule has 3 aromatic rings. The zero-order valence-corrected chi connectivity index (χ0v) is 18.9. The van der Waals surface area contributed by atoms with Crippen LogP contribution in [-0.4, -0.2) is 39.2 Å². The number of carboxylic acid groups (broad SMARTS) is 1. The minimum atomic E-state index is -4.10. The lowest BCUT2D eigenvalue weighted by atomic mass is 10.0. The molecule has 0 aliphatic heterocycles. The van der Waals surface area contributed by atoms with Crippen molar-refractivity contribution < 1.29 is 27.4 Å². The predicted molar refractivity (Wildman–Crippen MR) is 126 cm³/mol. The molecule has 0 aromatic heterocycles. The van der Waals surface area contributed by atoms with Crippen LogP contribution in [0.3, 0.4) is 0 Å². The molecule has 2 N–H and O–H groups in total. The number of anilines is 2. The molecule has 0 fully saturated rings. The first-order chi connectivity index (χ1) is 15.7. The van der Waals surface area contributed by atoms with E-state index >= 15 is 0 Å². The Morgan fingerprint density at radius 3 is 2.52 bits per heavy atom. The van der Waals surface area contributed by atoms with Gasteiger partial charge in [-0.2, -0.15) is 0 Å². The molecule has 3 rings (SSSR count). The van der Waals surface area contributed by atoms with Crippen LogP contribution in [0.5, 0.6) is 5.75 Å². The standard InChI is InChI=1S/C24H23FN2O5S/c1-4-13-27(16(2)14-24(28)29)22-11-10-21(18-7-5-6-8-19(18)22)26-33(30,31)17-9-12-23(32-3)20(25)15-17/h1,5-12,15-16,26H,13-14H2,2-3H3,(H,28,29)/t16-/m0/s1. The number of nitrogens with zero attached hydrogens (tertiary/aromatic N) is 1. The number of carboxylic acids is 1. The van der Waals surface area contributed by atoms with E-state index in [1.54, 1.807) is 48.2 Å². The first kappa shape index (κ1) is 23.9. The van der Waals surface area contributed by atoms with E-state index in [2.05, 4.69) is 10.6 Å². The van der Waals surface area contributed by atoms with Gasteiger partial charge in [-0.1, -0.05) is 30.2 Å². The number of ether oxygens (including phenoxy) is 1. The van der Waals surface area contributed by atoms with Crippen molar-refractivity contribution in [3.63, 3.8) is 0 Å². The van der Waals surface area contributed by atoms with Crippen molar-refractivity contribution in [2.45, 2.75) is 24.3 Å². The molecule has 0 heterocycles. The van der Waals surface area contributed by atoms with Crippen LogP contribution in [0, 0.1) is 18.2 Å². The quantitative estimate of drug-likeness (QED) is 0.458. The summed E-state index contributed by atoms with van der Waals surface area (Å²) >= 11 is 0. The number of benzene rings is 3. The fourth-order valence-electron chi connectivity index (χ4n) is 3.58. The molecule has 0 radical (unpaired) electrons. The Kier molecular flexibility index (Phi) is 7.09. The van der Waals surface area contributed by atoms with E-state index in [1.807, 2.05) is 0 Å². The summed E-state index contributed by atoms with van der Waals surface area (Å²) < 4.78 is 47.3. The molecule has 0 aliphatic carbocycles. The van der Waals surface area contributed by atoms with Crippen LogP contribution in [0.15, 0.2) is 59.5 Å². The highest BCUT2D eigenvalue weighted by molar-refractivity contribution is 7.92. The lowest BCUT2D eigenvalue weighted by molar-refractivity contribution is -0.137. The number of aliphatic carboxylic acids is 1. The van der Waals surface area contributed by atoms with Gasteiger partial charge in [0, 0.05) is 22.5 Å². The number of hydrogen-bond donors (Lipinski definition) is 2. The number of carbonyl (C=O) groups is 1. The summed E-state index contributed by atoms with van der Waals surface area (Å²) in [5, 5.41) is 10.5. The topological polar surface area (TPSA) is 95.9 Å². The monoisotopic (exact) mass is 470 g/mol. The SMILES string of the molecule is C#CCN(c1ccc(NS(=O)(=O)c2ccc(OC)c(F)c2)c2ccccc12)[C@@H](C)CC(=O)O. The van der Waals surface area contributed by atoms with Crippen molar-refractivity contribution in [3.8, 4) is 18.1 Å². The van der Waals surface area contributed by atoms with Crippen LogP contribution in [0.2, 0.25) is 0 Å². The van der Waals surface area contributed by atoms with Gasteiger partial charge in [0.05, 0.1) is 30.7 Å². The van der Waals surface area contributed by atoms with E-state index in [4.69, 9.17) is 11.2 Å². The van der Waals surface area contributed by atoms with E-state index in [0.717, 1.165) is 6.07 Å². The normalized spacial score (nSPS) is 12.1. The average molecular weight is 471 g/mol. The summed E-state index contributed by atoms with van der Waals surface area (Å²) in [5.41, 5.74) is 0.966. The third-order valence-corrected chi connectivity index (χ3v) is 6.52. The zero-order valence-electron chi connectivity index (χ0n) is 18.1. The van der Waals surface area contributed by atoms with Crippen LogP contribution in [-0.2, 0) is 14.8 Å². The smallest absolute Gasteiger partial charge is 0.305 e.